The van der Waals surface area contributed by atoms with Gasteiger partial charge in [0.15, 0.2) is 0 Å². The van der Waals surface area contributed by atoms with Crippen LogP contribution in [0.4, 0.5) is 0 Å². The van der Waals surface area contributed by atoms with Gasteiger partial charge in [0, 0.05) is 12.6 Å². The average molecular weight is 212 g/mol. The predicted octanol–water partition coefficient (Wildman–Crippen LogP) is 1.24. The summed E-state index contributed by atoms with van der Waals surface area (Å²) in [7, 11) is 2.21. The summed E-state index contributed by atoms with van der Waals surface area (Å²) in [6, 6.07) is 0.723. The van der Waals surface area contributed by atoms with E-state index in [2.05, 4.69) is 24.2 Å². The van der Waals surface area contributed by atoms with Gasteiger partial charge in [-0.3, -0.25) is 0 Å². The summed E-state index contributed by atoms with van der Waals surface area (Å²) in [5.74, 6) is 0. The minimum Gasteiger partial charge on any atom is -0.374 e. The number of piperidine rings is 1. The van der Waals surface area contributed by atoms with Crippen LogP contribution in [0, 0.1) is 0 Å². The molecule has 2 heterocycles. The molecule has 88 valence electrons. The highest BCUT2D eigenvalue weighted by molar-refractivity contribution is 4.79. The maximum Gasteiger partial charge on any atom is 0.0704 e. The molecule has 0 aliphatic carbocycles. The molecule has 0 saturated carbocycles. The second kappa shape index (κ2) is 5.28. The number of likely N-dealkylation sites (tertiary alicyclic amines) is 1. The molecule has 0 radical (unpaired) electrons. The first-order valence-corrected chi connectivity index (χ1v) is 6.31. The van der Waals surface area contributed by atoms with Crippen molar-refractivity contribution in [3.63, 3.8) is 0 Å². The molecule has 0 spiro atoms. The zero-order valence-electron chi connectivity index (χ0n) is 10.0. The van der Waals surface area contributed by atoms with Gasteiger partial charge >= 0.3 is 0 Å². The fourth-order valence-corrected chi connectivity index (χ4v) is 2.55. The number of hydrogen-bond acceptors (Lipinski definition) is 3. The number of ether oxygens (including phenoxy) is 1. The maximum absolute atomic E-state index is 5.80. The second-order valence-corrected chi connectivity index (χ2v) is 5.13. The van der Waals surface area contributed by atoms with E-state index in [0.717, 1.165) is 12.6 Å². The smallest absolute Gasteiger partial charge is 0.0704 e. The molecule has 2 fully saturated rings. The lowest BCUT2D eigenvalue weighted by Crippen LogP contribution is -2.43. The third-order valence-corrected chi connectivity index (χ3v) is 3.67. The Hall–Kier alpha value is -0.120. The van der Waals surface area contributed by atoms with Crippen LogP contribution in [-0.2, 0) is 4.74 Å². The van der Waals surface area contributed by atoms with Crippen molar-refractivity contribution >= 4 is 0 Å². The van der Waals surface area contributed by atoms with Crippen molar-refractivity contribution < 1.29 is 4.74 Å². The summed E-state index contributed by atoms with van der Waals surface area (Å²) in [6.07, 6.45) is 6.01. The van der Waals surface area contributed by atoms with Crippen molar-refractivity contribution in [2.75, 3.05) is 26.7 Å². The summed E-state index contributed by atoms with van der Waals surface area (Å²) in [5.41, 5.74) is 0. The molecular formula is C12H24N2O. The Morgan fingerprint density at radius 1 is 1.20 bits per heavy atom. The van der Waals surface area contributed by atoms with Gasteiger partial charge in [0.05, 0.1) is 12.2 Å². The van der Waals surface area contributed by atoms with Crippen LogP contribution < -0.4 is 5.32 Å². The minimum atomic E-state index is 0.472. The molecule has 2 atom stereocenters. The van der Waals surface area contributed by atoms with Crippen LogP contribution >= 0.6 is 0 Å². The molecule has 1 N–H and O–H groups in total. The molecule has 15 heavy (non-hydrogen) atoms. The van der Waals surface area contributed by atoms with Gasteiger partial charge in [-0.05, 0) is 52.7 Å². The normalized spacial score (nSPS) is 34.8. The topological polar surface area (TPSA) is 24.5 Å². The van der Waals surface area contributed by atoms with Gasteiger partial charge in [-0.25, -0.2) is 0 Å². The molecule has 3 heteroatoms. The van der Waals surface area contributed by atoms with Crippen LogP contribution in [0.2, 0.25) is 0 Å². The van der Waals surface area contributed by atoms with Crippen LogP contribution in [0.5, 0.6) is 0 Å². The van der Waals surface area contributed by atoms with E-state index in [-0.39, 0.29) is 0 Å². The summed E-state index contributed by atoms with van der Waals surface area (Å²) in [5, 5.41) is 3.65. The number of hydrogen-bond donors (Lipinski definition) is 1. The summed E-state index contributed by atoms with van der Waals surface area (Å²) < 4.78 is 5.80. The van der Waals surface area contributed by atoms with Crippen LogP contribution in [0.25, 0.3) is 0 Å². The zero-order valence-corrected chi connectivity index (χ0v) is 10.0. The molecular weight excluding hydrogens is 188 g/mol. The maximum atomic E-state index is 5.80. The molecule has 2 aliphatic rings. The first-order chi connectivity index (χ1) is 7.24. The van der Waals surface area contributed by atoms with Crippen LogP contribution in [0.3, 0.4) is 0 Å². The Labute approximate surface area is 93.2 Å². The highest BCUT2D eigenvalue weighted by Crippen LogP contribution is 2.18. The standard InChI is InChI=1S/C12H24N2O/c1-10-3-4-12(15-10)9-13-11-5-7-14(2)8-6-11/h10-13H,3-9H2,1-2H3. The van der Waals surface area contributed by atoms with Crippen LogP contribution in [0.1, 0.15) is 32.6 Å². The first kappa shape index (κ1) is 11.4. The predicted molar refractivity (Wildman–Crippen MR) is 62.1 cm³/mol. The monoisotopic (exact) mass is 212 g/mol. The Morgan fingerprint density at radius 2 is 1.93 bits per heavy atom. The molecule has 2 rings (SSSR count). The van der Waals surface area contributed by atoms with Gasteiger partial charge in [-0.1, -0.05) is 0 Å². The molecule has 3 nitrogen and oxygen atoms in total. The Morgan fingerprint density at radius 3 is 2.53 bits per heavy atom. The lowest BCUT2D eigenvalue weighted by Gasteiger charge is -2.30. The molecule has 0 aromatic rings. The molecule has 0 bridgehead atoms. The molecule has 0 aromatic heterocycles. The van der Waals surface area contributed by atoms with Crippen LogP contribution in [0.15, 0.2) is 0 Å². The number of nitrogens with one attached hydrogen (secondary N) is 1. The van der Waals surface area contributed by atoms with Gasteiger partial charge < -0.3 is 15.0 Å². The van der Waals surface area contributed by atoms with Crippen molar-refractivity contribution in [1.82, 2.24) is 10.2 Å². The van der Waals surface area contributed by atoms with Gasteiger partial charge in [0.25, 0.3) is 0 Å². The van der Waals surface area contributed by atoms with Gasteiger partial charge in [0.1, 0.15) is 0 Å². The van der Waals surface area contributed by atoms with Crippen molar-refractivity contribution in [3.8, 4) is 0 Å². The third kappa shape index (κ3) is 3.44. The van der Waals surface area contributed by atoms with E-state index < -0.39 is 0 Å². The van der Waals surface area contributed by atoms with Crippen molar-refractivity contribution in [2.24, 2.45) is 0 Å². The fraction of sp³-hybridized carbons (Fsp3) is 1.00. The van der Waals surface area contributed by atoms with Crippen molar-refractivity contribution in [2.45, 2.75) is 50.9 Å². The zero-order chi connectivity index (χ0) is 10.7. The summed E-state index contributed by atoms with van der Waals surface area (Å²) in [6.45, 7) is 5.70. The van der Waals surface area contributed by atoms with E-state index in [1.165, 1.54) is 38.8 Å². The second-order valence-electron chi connectivity index (χ2n) is 5.13. The SMILES string of the molecule is CC1CCC(CNC2CCN(C)CC2)O1. The first-order valence-electron chi connectivity index (χ1n) is 6.31. The van der Waals surface area contributed by atoms with E-state index in [4.69, 9.17) is 4.74 Å². The van der Waals surface area contributed by atoms with Crippen molar-refractivity contribution in [1.29, 1.82) is 0 Å². The lowest BCUT2D eigenvalue weighted by atomic mass is 10.1. The number of rotatable bonds is 3. The third-order valence-electron chi connectivity index (χ3n) is 3.67. The molecule has 0 aromatic carbocycles. The largest absolute Gasteiger partial charge is 0.374 e. The Kier molecular flexibility index (Phi) is 4.00. The Balaban J connectivity index is 1.61. The van der Waals surface area contributed by atoms with E-state index in [9.17, 15) is 0 Å². The quantitative estimate of drug-likeness (QED) is 0.762. The molecule has 2 aliphatic heterocycles. The van der Waals surface area contributed by atoms with Crippen molar-refractivity contribution in [3.05, 3.63) is 0 Å². The summed E-state index contributed by atoms with van der Waals surface area (Å²) >= 11 is 0. The van der Waals surface area contributed by atoms with E-state index >= 15 is 0 Å². The number of nitrogens with zero attached hydrogens (tertiary/aromatic N) is 1. The minimum absolute atomic E-state index is 0.472. The highest BCUT2D eigenvalue weighted by Gasteiger charge is 2.23. The van der Waals surface area contributed by atoms with Crippen LogP contribution in [-0.4, -0.2) is 49.8 Å². The molecule has 0 amide bonds. The van der Waals surface area contributed by atoms with Gasteiger partial charge in [-0.15, -0.1) is 0 Å². The average Bonchev–Trinajstić information content (AvgIpc) is 2.64. The fourth-order valence-electron chi connectivity index (χ4n) is 2.55. The van der Waals surface area contributed by atoms with Gasteiger partial charge in [-0.2, -0.15) is 0 Å². The van der Waals surface area contributed by atoms with E-state index in [0.29, 0.717) is 12.2 Å². The van der Waals surface area contributed by atoms with E-state index in [1.54, 1.807) is 0 Å². The van der Waals surface area contributed by atoms with Gasteiger partial charge in [0.2, 0.25) is 0 Å². The molecule has 2 saturated heterocycles. The molecule has 2 unspecified atom stereocenters. The lowest BCUT2D eigenvalue weighted by molar-refractivity contribution is 0.0526. The van der Waals surface area contributed by atoms with E-state index in [1.807, 2.05) is 0 Å². The summed E-state index contributed by atoms with van der Waals surface area (Å²) in [4.78, 5) is 2.41. The Bertz CT molecular complexity index is 190. The highest BCUT2D eigenvalue weighted by atomic mass is 16.5.